The van der Waals surface area contributed by atoms with Crippen LogP contribution in [0.4, 0.5) is 0 Å². The summed E-state index contributed by atoms with van der Waals surface area (Å²) in [6, 6.07) is 14.4. The lowest BCUT2D eigenvalue weighted by Crippen LogP contribution is -2.16. The van der Waals surface area contributed by atoms with Crippen molar-refractivity contribution in [2.45, 2.75) is 25.3 Å². The fourth-order valence-electron chi connectivity index (χ4n) is 4.15. The minimum atomic E-state index is 0.504. The Morgan fingerprint density at radius 3 is 2.70 bits per heavy atom. The Balaban J connectivity index is 1.55. The van der Waals surface area contributed by atoms with E-state index in [0.29, 0.717) is 11.1 Å². The van der Waals surface area contributed by atoms with E-state index in [9.17, 15) is 0 Å². The molecule has 0 radical (unpaired) electrons. The highest BCUT2D eigenvalue weighted by Gasteiger charge is 2.24. The molecule has 0 amide bonds. The van der Waals surface area contributed by atoms with Gasteiger partial charge in [0, 0.05) is 51.6 Å². The van der Waals surface area contributed by atoms with Crippen LogP contribution in [0.1, 0.15) is 25.3 Å². The number of halogens is 1. The zero-order valence-corrected chi connectivity index (χ0v) is 16.9. The van der Waals surface area contributed by atoms with Crippen molar-refractivity contribution < 1.29 is 0 Å². The number of benzene rings is 1. The normalized spacial score (nSPS) is 14.3. The van der Waals surface area contributed by atoms with Crippen LogP contribution in [0.25, 0.3) is 44.5 Å². The molecule has 4 aromatic heterocycles. The first-order valence-electron chi connectivity index (χ1n) is 10.1. The molecule has 1 aromatic carbocycles. The van der Waals surface area contributed by atoms with Gasteiger partial charge in [0.2, 0.25) is 0 Å². The van der Waals surface area contributed by atoms with E-state index in [1.807, 2.05) is 42.6 Å². The van der Waals surface area contributed by atoms with Crippen molar-refractivity contribution in [1.82, 2.24) is 24.5 Å². The van der Waals surface area contributed by atoms with Crippen molar-refractivity contribution in [3.8, 4) is 22.5 Å². The van der Waals surface area contributed by atoms with E-state index in [2.05, 4.69) is 31.8 Å². The van der Waals surface area contributed by atoms with Crippen LogP contribution in [0, 0.1) is 0 Å². The van der Waals surface area contributed by atoms with Gasteiger partial charge >= 0.3 is 0 Å². The van der Waals surface area contributed by atoms with Crippen LogP contribution in [0.15, 0.2) is 67.4 Å². The maximum absolute atomic E-state index is 6.74. The molecule has 1 fully saturated rings. The molecule has 0 saturated heterocycles. The maximum atomic E-state index is 6.74. The van der Waals surface area contributed by atoms with Crippen LogP contribution in [-0.2, 0) is 0 Å². The predicted octanol–water partition coefficient (Wildman–Crippen LogP) is 6.09. The summed E-state index contributed by atoms with van der Waals surface area (Å²) in [5, 5.41) is 2.72. The molecule has 0 N–H and O–H groups in total. The van der Waals surface area contributed by atoms with E-state index in [0.717, 1.165) is 44.5 Å². The highest BCUT2D eigenvalue weighted by atomic mass is 35.5. The summed E-state index contributed by atoms with van der Waals surface area (Å²) in [4.78, 5) is 18.1. The Labute approximate surface area is 178 Å². The Bertz CT molecular complexity index is 1390. The molecule has 0 spiro atoms. The lowest BCUT2D eigenvalue weighted by molar-refractivity contribution is 0.320. The summed E-state index contributed by atoms with van der Waals surface area (Å²) in [6.45, 7) is 0. The van der Waals surface area contributed by atoms with E-state index in [1.165, 1.54) is 19.3 Å². The Morgan fingerprint density at radius 1 is 0.967 bits per heavy atom. The number of hydrogen-bond donors (Lipinski definition) is 0. The molecular formula is C24H18ClN5. The van der Waals surface area contributed by atoms with Crippen LogP contribution in [0.5, 0.6) is 0 Å². The summed E-state index contributed by atoms with van der Waals surface area (Å²) >= 11 is 6.74. The first-order valence-corrected chi connectivity index (χ1v) is 10.5. The third kappa shape index (κ3) is 2.77. The summed E-state index contributed by atoms with van der Waals surface area (Å²) in [7, 11) is 0. The van der Waals surface area contributed by atoms with E-state index < -0.39 is 0 Å². The second kappa shape index (κ2) is 6.89. The molecule has 0 unspecified atom stereocenters. The van der Waals surface area contributed by atoms with Gasteiger partial charge in [-0.1, -0.05) is 23.7 Å². The van der Waals surface area contributed by atoms with Gasteiger partial charge in [0.1, 0.15) is 12.0 Å². The monoisotopic (exact) mass is 411 g/mol. The minimum Gasteiger partial charge on any atom is -0.329 e. The highest BCUT2D eigenvalue weighted by molar-refractivity contribution is 6.34. The summed E-state index contributed by atoms with van der Waals surface area (Å²) in [6.07, 6.45) is 11.1. The fraction of sp³-hybridized carbons (Fsp3) is 0.167. The topological polar surface area (TPSA) is 56.5 Å². The molecule has 0 aliphatic heterocycles. The van der Waals surface area contributed by atoms with Gasteiger partial charge in [-0.05, 0) is 49.6 Å². The third-order valence-electron chi connectivity index (χ3n) is 5.96. The van der Waals surface area contributed by atoms with Crippen molar-refractivity contribution >= 4 is 33.5 Å². The number of rotatable bonds is 3. The van der Waals surface area contributed by atoms with Gasteiger partial charge in [-0.3, -0.25) is 4.98 Å². The maximum Gasteiger partial charge on any atom is 0.144 e. The molecule has 146 valence electrons. The molecule has 30 heavy (non-hydrogen) atoms. The molecule has 0 bridgehead atoms. The Hall–Kier alpha value is -3.31. The van der Waals surface area contributed by atoms with Gasteiger partial charge in [0.25, 0.3) is 0 Å². The van der Waals surface area contributed by atoms with Crippen molar-refractivity contribution in [3.63, 3.8) is 0 Å². The second-order valence-electron chi connectivity index (χ2n) is 7.73. The van der Waals surface area contributed by atoms with Crippen molar-refractivity contribution in [1.29, 1.82) is 0 Å². The number of aromatic nitrogens is 5. The molecule has 0 atom stereocenters. The SMILES string of the molecule is Clc1cc2ccc(-c3ccccn3)nc2cc1-c1cn(C2CCC2)c2ncncc12. The molecule has 1 saturated carbocycles. The number of hydrogen-bond acceptors (Lipinski definition) is 4. The number of nitrogens with zero attached hydrogens (tertiary/aromatic N) is 5. The zero-order chi connectivity index (χ0) is 20.1. The minimum absolute atomic E-state index is 0.504. The third-order valence-corrected chi connectivity index (χ3v) is 6.27. The van der Waals surface area contributed by atoms with Gasteiger partial charge in [-0.2, -0.15) is 0 Å². The van der Waals surface area contributed by atoms with E-state index in [4.69, 9.17) is 16.6 Å². The number of pyridine rings is 2. The molecule has 5 aromatic rings. The van der Waals surface area contributed by atoms with Crippen LogP contribution in [-0.4, -0.2) is 24.5 Å². The van der Waals surface area contributed by atoms with Crippen LogP contribution in [0.3, 0.4) is 0 Å². The van der Waals surface area contributed by atoms with E-state index >= 15 is 0 Å². The van der Waals surface area contributed by atoms with Crippen LogP contribution in [0.2, 0.25) is 5.02 Å². The quantitative estimate of drug-likeness (QED) is 0.360. The van der Waals surface area contributed by atoms with Crippen molar-refractivity contribution in [2.24, 2.45) is 0 Å². The van der Waals surface area contributed by atoms with Crippen molar-refractivity contribution in [2.75, 3.05) is 0 Å². The van der Waals surface area contributed by atoms with Gasteiger partial charge in [-0.15, -0.1) is 0 Å². The predicted molar refractivity (Wildman–Crippen MR) is 119 cm³/mol. The Morgan fingerprint density at radius 2 is 1.90 bits per heavy atom. The van der Waals surface area contributed by atoms with Crippen molar-refractivity contribution in [3.05, 3.63) is 72.4 Å². The summed E-state index contributed by atoms with van der Waals surface area (Å²) in [5.41, 5.74) is 5.56. The standard InChI is InChI=1S/C24H18ClN5/c25-20-10-15-7-8-22(21-6-1-2-9-27-21)29-23(15)11-17(20)19-13-30(16-4-3-5-16)24-18(19)12-26-14-28-24/h1-2,6-14,16H,3-5H2. The molecule has 1 aliphatic carbocycles. The second-order valence-corrected chi connectivity index (χ2v) is 8.14. The first-order chi connectivity index (χ1) is 14.8. The molecular weight excluding hydrogens is 394 g/mol. The molecule has 4 heterocycles. The van der Waals surface area contributed by atoms with Gasteiger partial charge in [0.15, 0.2) is 0 Å². The molecule has 5 nitrogen and oxygen atoms in total. The van der Waals surface area contributed by atoms with E-state index in [1.54, 1.807) is 12.5 Å². The van der Waals surface area contributed by atoms with Crippen LogP contribution < -0.4 is 0 Å². The smallest absolute Gasteiger partial charge is 0.144 e. The zero-order valence-electron chi connectivity index (χ0n) is 16.2. The largest absolute Gasteiger partial charge is 0.329 e. The van der Waals surface area contributed by atoms with Crippen LogP contribution >= 0.6 is 11.6 Å². The lowest BCUT2D eigenvalue weighted by Gasteiger charge is -2.27. The van der Waals surface area contributed by atoms with Gasteiger partial charge < -0.3 is 4.57 Å². The molecule has 6 heteroatoms. The Kier molecular flexibility index (Phi) is 4.03. The summed E-state index contributed by atoms with van der Waals surface area (Å²) in [5.74, 6) is 0. The van der Waals surface area contributed by atoms with E-state index in [-0.39, 0.29) is 0 Å². The molecule has 1 aliphatic rings. The lowest BCUT2D eigenvalue weighted by atomic mass is 9.93. The highest BCUT2D eigenvalue weighted by Crippen LogP contribution is 2.41. The molecule has 6 rings (SSSR count). The van der Waals surface area contributed by atoms with Gasteiger partial charge in [0.05, 0.1) is 16.9 Å². The first kappa shape index (κ1) is 17.5. The average Bonchev–Trinajstić information content (AvgIpc) is 3.11. The fourth-order valence-corrected chi connectivity index (χ4v) is 4.43. The van der Waals surface area contributed by atoms with Gasteiger partial charge in [-0.25, -0.2) is 15.0 Å². The summed E-state index contributed by atoms with van der Waals surface area (Å²) < 4.78 is 2.29. The number of fused-ring (bicyclic) bond motifs is 2. The average molecular weight is 412 g/mol.